The number of hydrogen-bond acceptors (Lipinski definition) is 3. The lowest BCUT2D eigenvalue weighted by molar-refractivity contribution is 0.0168. The van der Waals surface area contributed by atoms with Gasteiger partial charge in [0, 0.05) is 32.1 Å². The minimum atomic E-state index is 0.370. The van der Waals surface area contributed by atoms with E-state index in [0.717, 1.165) is 36.7 Å². The quantitative estimate of drug-likeness (QED) is 0.878. The van der Waals surface area contributed by atoms with Crippen LogP contribution in [0.3, 0.4) is 0 Å². The fourth-order valence-corrected chi connectivity index (χ4v) is 2.07. The second-order valence-corrected chi connectivity index (χ2v) is 4.49. The molecule has 0 bridgehead atoms. The van der Waals surface area contributed by atoms with Crippen LogP contribution < -0.4 is 5.32 Å². The van der Waals surface area contributed by atoms with Crippen molar-refractivity contribution in [2.24, 2.45) is 0 Å². The van der Waals surface area contributed by atoms with E-state index in [2.05, 4.69) is 10.3 Å². The van der Waals surface area contributed by atoms with Gasteiger partial charge in [-0.05, 0) is 30.9 Å². The van der Waals surface area contributed by atoms with Crippen LogP contribution in [0.15, 0.2) is 18.5 Å². The summed E-state index contributed by atoms with van der Waals surface area (Å²) in [6.45, 7) is 2.59. The van der Waals surface area contributed by atoms with Crippen LogP contribution in [0.4, 0.5) is 0 Å². The van der Waals surface area contributed by atoms with Crippen LogP contribution in [0.25, 0.3) is 0 Å². The Kier molecular flexibility index (Phi) is 4.57. The predicted octanol–water partition coefficient (Wildman–Crippen LogP) is 2.39. The van der Waals surface area contributed by atoms with E-state index in [0.29, 0.717) is 6.10 Å². The third-order valence-corrected chi connectivity index (χ3v) is 3.16. The molecule has 3 nitrogen and oxygen atoms in total. The van der Waals surface area contributed by atoms with E-state index in [1.165, 1.54) is 12.8 Å². The summed E-state index contributed by atoms with van der Waals surface area (Å²) in [6.07, 6.45) is 7.45. The van der Waals surface area contributed by atoms with E-state index < -0.39 is 0 Å². The highest BCUT2D eigenvalue weighted by molar-refractivity contribution is 6.31. The number of ether oxygens (including phenoxy) is 1. The van der Waals surface area contributed by atoms with Gasteiger partial charge in [0.05, 0.1) is 11.1 Å². The maximum absolute atomic E-state index is 6.01. The van der Waals surface area contributed by atoms with Gasteiger partial charge in [0.1, 0.15) is 0 Å². The summed E-state index contributed by atoms with van der Waals surface area (Å²) >= 11 is 6.01. The van der Waals surface area contributed by atoms with Crippen molar-refractivity contribution in [3.63, 3.8) is 0 Å². The molecule has 1 unspecified atom stereocenters. The van der Waals surface area contributed by atoms with Crippen LogP contribution in [0.5, 0.6) is 0 Å². The fourth-order valence-electron chi connectivity index (χ4n) is 1.88. The minimum absolute atomic E-state index is 0.370. The maximum Gasteiger partial charge on any atom is 0.0699 e. The number of pyridine rings is 1. The van der Waals surface area contributed by atoms with E-state index in [1.807, 2.05) is 6.07 Å². The van der Waals surface area contributed by atoms with Gasteiger partial charge in [-0.15, -0.1) is 0 Å². The monoisotopic (exact) mass is 240 g/mol. The van der Waals surface area contributed by atoms with Crippen LogP contribution in [0, 0.1) is 0 Å². The molecule has 0 radical (unpaired) electrons. The lowest BCUT2D eigenvalue weighted by atomic mass is 10.1. The Hall–Kier alpha value is -0.640. The van der Waals surface area contributed by atoms with Crippen LogP contribution in [-0.2, 0) is 11.3 Å². The molecule has 16 heavy (non-hydrogen) atoms. The summed E-state index contributed by atoms with van der Waals surface area (Å²) in [5.74, 6) is 0. The van der Waals surface area contributed by atoms with Crippen molar-refractivity contribution in [1.82, 2.24) is 10.3 Å². The van der Waals surface area contributed by atoms with Crippen molar-refractivity contribution in [2.75, 3.05) is 13.2 Å². The molecule has 0 spiro atoms. The van der Waals surface area contributed by atoms with E-state index >= 15 is 0 Å². The Morgan fingerprint density at radius 2 is 2.44 bits per heavy atom. The standard InChI is InChI=1S/C12H17ClN2O/c13-12-9-14-5-4-10(12)7-15-8-11-3-1-2-6-16-11/h4-5,9,11,15H,1-3,6-8H2. The summed E-state index contributed by atoms with van der Waals surface area (Å²) in [5, 5.41) is 4.10. The summed E-state index contributed by atoms with van der Waals surface area (Å²) in [4.78, 5) is 3.96. The SMILES string of the molecule is Clc1cnccc1CNCC1CCCCO1. The number of halogens is 1. The molecule has 1 fully saturated rings. The average molecular weight is 241 g/mol. The van der Waals surface area contributed by atoms with Crippen LogP contribution in [0.1, 0.15) is 24.8 Å². The highest BCUT2D eigenvalue weighted by Crippen LogP contribution is 2.14. The molecular formula is C12H17ClN2O. The molecule has 88 valence electrons. The van der Waals surface area contributed by atoms with Crippen molar-refractivity contribution in [2.45, 2.75) is 31.9 Å². The highest BCUT2D eigenvalue weighted by Gasteiger charge is 2.12. The average Bonchev–Trinajstić information content (AvgIpc) is 2.33. The van der Waals surface area contributed by atoms with Crippen molar-refractivity contribution in [3.05, 3.63) is 29.0 Å². The van der Waals surface area contributed by atoms with Crippen molar-refractivity contribution >= 4 is 11.6 Å². The lowest BCUT2D eigenvalue weighted by Gasteiger charge is -2.22. The smallest absolute Gasteiger partial charge is 0.0699 e. The van der Waals surface area contributed by atoms with E-state index in [9.17, 15) is 0 Å². The Balaban J connectivity index is 1.73. The Morgan fingerprint density at radius 1 is 1.50 bits per heavy atom. The van der Waals surface area contributed by atoms with Crippen molar-refractivity contribution < 1.29 is 4.74 Å². The summed E-state index contributed by atoms with van der Waals surface area (Å²) in [5.41, 5.74) is 1.09. The van der Waals surface area contributed by atoms with Gasteiger partial charge in [0.2, 0.25) is 0 Å². The van der Waals surface area contributed by atoms with Gasteiger partial charge in [-0.2, -0.15) is 0 Å². The molecule has 0 aromatic carbocycles. The van der Waals surface area contributed by atoms with Gasteiger partial charge < -0.3 is 10.1 Å². The molecule has 1 atom stereocenters. The third kappa shape index (κ3) is 3.44. The zero-order valence-electron chi connectivity index (χ0n) is 9.29. The number of nitrogens with one attached hydrogen (secondary N) is 1. The molecule has 1 aromatic rings. The van der Waals surface area contributed by atoms with Gasteiger partial charge >= 0.3 is 0 Å². The second-order valence-electron chi connectivity index (χ2n) is 4.09. The van der Waals surface area contributed by atoms with Crippen LogP contribution >= 0.6 is 11.6 Å². The number of hydrogen-bond donors (Lipinski definition) is 1. The summed E-state index contributed by atoms with van der Waals surface area (Å²) < 4.78 is 5.64. The Morgan fingerprint density at radius 3 is 3.19 bits per heavy atom. The first-order valence-corrected chi connectivity index (χ1v) is 6.15. The first-order chi connectivity index (χ1) is 7.86. The Bertz CT molecular complexity index is 327. The molecule has 1 saturated heterocycles. The maximum atomic E-state index is 6.01. The third-order valence-electron chi connectivity index (χ3n) is 2.82. The lowest BCUT2D eigenvalue weighted by Crippen LogP contribution is -2.31. The van der Waals surface area contributed by atoms with Gasteiger partial charge in [-0.1, -0.05) is 11.6 Å². The predicted molar refractivity (Wildman–Crippen MR) is 64.5 cm³/mol. The minimum Gasteiger partial charge on any atom is -0.377 e. The number of aromatic nitrogens is 1. The second kappa shape index (κ2) is 6.18. The number of rotatable bonds is 4. The van der Waals surface area contributed by atoms with Gasteiger partial charge in [0.15, 0.2) is 0 Å². The van der Waals surface area contributed by atoms with Gasteiger partial charge in [0.25, 0.3) is 0 Å². The molecule has 1 N–H and O–H groups in total. The molecule has 0 saturated carbocycles. The molecule has 4 heteroatoms. The highest BCUT2D eigenvalue weighted by atomic mass is 35.5. The topological polar surface area (TPSA) is 34.2 Å². The van der Waals surface area contributed by atoms with E-state index in [-0.39, 0.29) is 0 Å². The number of nitrogens with zero attached hydrogens (tertiary/aromatic N) is 1. The van der Waals surface area contributed by atoms with Crippen LogP contribution in [-0.4, -0.2) is 24.2 Å². The van der Waals surface area contributed by atoms with Gasteiger partial charge in [-0.25, -0.2) is 0 Å². The molecule has 2 heterocycles. The molecule has 2 rings (SSSR count). The zero-order valence-corrected chi connectivity index (χ0v) is 10.0. The van der Waals surface area contributed by atoms with Crippen molar-refractivity contribution in [3.8, 4) is 0 Å². The first-order valence-electron chi connectivity index (χ1n) is 5.77. The van der Waals surface area contributed by atoms with E-state index in [1.54, 1.807) is 12.4 Å². The summed E-state index contributed by atoms with van der Waals surface area (Å²) in [6, 6.07) is 1.94. The van der Waals surface area contributed by atoms with Gasteiger partial charge in [-0.3, -0.25) is 4.98 Å². The van der Waals surface area contributed by atoms with Crippen molar-refractivity contribution in [1.29, 1.82) is 0 Å². The molecule has 1 aromatic heterocycles. The zero-order chi connectivity index (χ0) is 11.2. The Labute approximate surface area is 101 Å². The van der Waals surface area contributed by atoms with Crippen LogP contribution in [0.2, 0.25) is 5.02 Å². The molecule has 0 aliphatic carbocycles. The fraction of sp³-hybridized carbons (Fsp3) is 0.583. The molecule has 1 aliphatic rings. The molecule has 0 amide bonds. The summed E-state index contributed by atoms with van der Waals surface area (Å²) in [7, 11) is 0. The molecular weight excluding hydrogens is 224 g/mol. The first kappa shape index (κ1) is 11.8. The van der Waals surface area contributed by atoms with E-state index in [4.69, 9.17) is 16.3 Å². The normalized spacial score (nSPS) is 20.9. The molecule has 1 aliphatic heterocycles. The largest absolute Gasteiger partial charge is 0.377 e.